The number of carbonyl (C=O) groups is 2. The molecule has 0 unspecified atom stereocenters. The molecule has 2 atom stereocenters. The van der Waals surface area contributed by atoms with Gasteiger partial charge in [0.15, 0.2) is 0 Å². The molecule has 0 aromatic heterocycles. The molecule has 424 valence electrons. The summed E-state index contributed by atoms with van der Waals surface area (Å²) in [5.74, 6) is -0.0610. The summed E-state index contributed by atoms with van der Waals surface area (Å²) in [6.45, 7) is 4.88. The molecule has 0 fully saturated rings. The first kappa shape index (κ1) is 70.1. The van der Waals surface area contributed by atoms with Gasteiger partial charge in [-0.2, -0.15) is 0 Å². The van der Waals surface area contributed by atoms with Gasteiger partial charge in [0.1, 0.15) is 0 Å². The summed E-state index contributed by atoms with van der Waals surface area (Å²) in [6, 6.07) is -0.625. The summed E-state index contributed by atoms with van der Waals surface area (Å²) in [5, 5.41) is 23.1. The first-order valence-corrected chi connectivity index (χ1v) is 32.3. The van der Waals surface area contributed by atoms with Crippen LogP contribution in [0.15, 0.2) is 36.5 Å². The molecule has 0 aliphatic rings. The van der Waals surface area contributed by atoms with Crippen molar-refractivity contribution in [3.63, 3.8) is 0 Å². The predicted octanol–water partition coefficient (Wildman–Crippen LogP) is 20.4. The van der Waals surface area contributed by atoms with Crippen LogP contribution in [0.4, 0.5) is 0 Å². The maximum absolute atomic E-state index is 12.5. The number of esters is 1. The minimum absolute atomic E-state index is 0.00366. The van der Waals surface area contributed by atoms with Crippen molar-refractivity contribution in [2.45, 2.75) is 360 Å². The molecule has 0 aliphatic heterocycles. The zero-order valence-electron chi connectivity index (χ0n) is 48.4. The summed E-state index contributed by atoms with van der Waals surface area (Å²) in [6.07, 6.45) is 77.7. The molecule has 0 radical (unpaired) electrons. The van der Waals surface area contributed by atoms with Crippen molar-refractivity contribution >= 4 is 11.9 Å². The van der Waals surface area contributed by atoms with E-state index in [-0.39, 0.29) is 18.5 Å². The van der Waals surface area contributed by atoms with Crippen molar-refractivity contribution in [3.8, 4) is 0 Å². The highest BCUT2D eigenvalue weighted by atomic mass is 16.5. The summed E-state index contributed by atoms with van der Waals surface area (Å²) < 4.78 is 5.48. The molecule has 0 rings (SSSR count). The van der Waals surface area contributed by atoms with Crippen molar-refractivity contribution in [3.05, 3.63) is 36.5 Å². The maximum Gasteiger partial charge on any atom is 0.305 e. The zero-order chi connectivity index (χ0) is 52.2. The first-order valence-electron chi connectivity index (χ1n) is 32.3. The average molecular weight is 1010 g/mol. The molecule has 0 bridgehead atoms. The number of hydrogen-bond donors (Lipinski definition) is 3. The van der Waals surface area contributed by atoms with E-state index in [0.29, 0.717) is 19.4 Å². The van der Waals surface area contributed by atoms with Crippen LogP contribution in [0, 0.1) is 0 Å². The first-order chi connectivity index (χ1) is 35.5. The van der Waals surface area contributed by atoms with Crippen LogP contribution < -0.4 is 5.32 Å². The molecule has 0 saturated carbocycles. The van der Waals surface area contributed by atoms with E-state index < -0.39 is 12.1 Å². The fourth-order valence-electron chi connectivity index (χ4n) is 9.96. The smallest absolute Gasteiger partial charge is 0.305 e. The van der Waals surface area contributed by atoms with E-state index in [0.717, 1.165) is 51.4 Å². The van der Waals surface area contributed by atoms with Crippen LogP contribution >= 0.6 is 0 Å². The second-order valence-corrected chi connectivity index (χ2v) is 22.1. The second-order valence-electron chi connectivity index (χ2n) is 22.1. The number of aliphatic hydroxyl groups is 2. The van der Waals surface area contributed by atoms with Crippen LogP contribution in [0.5, 0.6) is 0 Å². The van der Waals surface area contributed by atoms with E-state index in [2.05, 4.69) is 43.5 Å². The Morgan fingerprint density at radius 2 is 0.694 bits per heavy atom. The van der Waals surface area contributed by atoms with Crippen LogP contribution in [0.25, 0.3) is 0 Å². The highest BCUT2D eigenvalue weighted by molar-refractivity contribution is 5.76. The topological polar surface area (TPSA) is 95.9 Å². The number of rotatable bonds is 60. The molecule has 72 heavy (non-hydrogen) atoms. The minimum atomic E-state index is -0.842. The fraction of sp³-hybridized carbons (Fsp3) is 0.879. The number of unbranched alkanes of at least 4 members (excludes halogenated alkanes) is 45. The van der Waals surface area contributed by atoms with E-state index >= 15 is 0 Å². The lowest BCUT2D eigenvalue weighted by Gasteiger charge is -2.20. The van der Waals surface area contributed by atoms with Gasteiger partial charge in [0.25, 0.3) is 0 Å². The summed E-state index contributed by atoms with van der Waals surface area (Å²) >= 11 is 0. The lowest BCUT2D eigenvalue weighted by atomic mass is 10.0. The van der Waals surface area contributed by atoms with Crippen LogP contribution in [0.3, 0.4) is 0 Å². The molecule has 6 heteroatoms. The second kappa shape index (κ2) is 61.6. The molecule has 0 aliphatic carbocycles. The molecule has 0 aromatic carbocycles. The van der Waals surface area contributed by atoms with Crippen LogP contribution in [-0.4, -0.2) is 47.4 Å². The van der Waals surface area contributed by atoms with Gasteiger partial charge in [-0.3, -0.25) is 9.59 Å². The van der Waals surface area contributed by atoms with Crippen molar-refractivity contribution < 1.29 is 24.5 Å². The Labute approximate surface area is 449 Å². The van der Waals surface area contributed by atoms with E-state index in [1.165, 1.54) is 270 Å². The summed E-state index contributed by atoms with van der Waals surface area (Å²) in [7, 11) is 0. The third-order valence-electron chi connectivity index (χ3n) is 14.9. The van der Waals surface area contributed by atoms with Gasteiger partial charge in [0.2, 0.25) is 5.91 Å². The van der Waals surface area contributed by atoms with Gasteiger partial charge in [-0.05, 0) is 64.2 Å². The van der Waals surface area contributed by atoms with Gasteiger partial charge in [-0.1, -0.05) is 307 Å². The number of ether oxygens (including phenoxy) is 1. The molecule has 3 N–H and O–H groups in total. The molecular formula is C66H125NO5. The lowest BCUT2D eigenvalue weighted by molar-refractivity contribution is -0.143. The Morgan fingerprint density at radius 3 is 1.08 bits per heavy atom. The number of aliphatic hydroxyl groups excluding tert-OH is 2. The Kier molecular flexibility index (Phi) is 60.0. The zero-order valence-corrected chi connectivity index (χ0v) is 48.4. The fourth-order valence-corrected chi connectivity index (χ4v) is 9.96. The molecule has 1 amide bonds. The normalized spacial score (nSPS) is 12.8. The largest absolute Gasteiger partial charge is 0.466 e. The molecular weight excluding hydrogens is 887 g/mol. The number of amides is 1. The van der Waals surface area contributed by atoms with Crippen LogP contribution in [0.1, 0.15) is 348 Å². The van der Waals surface area contributed by atoms with Gasteiger partial charge in [0, 0.05) is 12.8 Å². The van der Waals surface area contributed by atoms with Gasteiger partial charge < -0.3 is 20.3 Å². The third-order valence-corrected chi connectivity index (χ3v) is 14.9. The highest BCUT2D eigenvalue weighted by Crippen LogP contribution is 2.18. The molecule has 0 saturated heterocycles. The predicted molar refractivity (Wildman–Crippen MR) is 315 cm³/mol. The lowest BCUT2D eigenvalue weighted by Crippen LogP contribution is -2.45. The molecule has 6 nitrogen and oxygen atoms in total. The van der Waals surface area contributed by atoms with Crippen molar-refractivity contribution in [1.29, 1.82) is 0 Å². The van der Waals surface area contributed by atoms with Gasteiger partial charge >= 0.3 is 5.97 Å². The molecule has 0 aromatic rings. The van der Waals surface area contributed by atoms with E-state index in [1.807, 2.05) is 6.08 Å². The van der Waals surface area contributed by atoms with E-state index in [4.69, 9.17) is 4.74 Å². The summed E-state index contributed by atoms with van der Waals surface area (Å²) in [4.78, 5) is 24.5. The highest BCUT2D eigenvalue weighted by Gasteiger charge is 2.18. The van der Waals surface area contributed by atoms with Gasteiger partial charge in [-0.15, -0.1) is 0 Å². The number of nitrogens with one attached hydrogen (secondary N) is 1. The Bertz CT molecular complexity index is 1170. The third kappa shape index (κ3) is 57.4. The Balaban J connectivity index is 3.36. The van der Waals surface area contributed by atoms with Crippen molar-refractivity contribution in [2.24, 2.45) is 0 Å². The molecule has 0 heterocycles. The van der Waals surface area contributed by atoms with Crippen LogP contribution in [-0.2, 0) is 14.3 Å². The number of carbonyl (C=O) groups excluding carboxylic acids is 2. The number of allylic oxidation sites excluding steroid dienone is 5. The van der Waals surface area contributed by atoms with Gasteiger partial charge in [-0.25, -0.2) is 0 Å². The SMILES string of the molecule is CCCCC/C=C\C/C=C\CCCCCCCC(=O)OCCCCCCCCCCCCCCCCCCCCCCCCCCCCCC(=O)N[C@@H](CO)[C@H](O)/C=C/CCCCCCCCCCCCC. The average Bonchev–Trinajstić information content (AvgIpc) is 3.38. The Hall–Kier alpha value is -1.92. The Morgan fingerprint density at radius 1 is 0.389 bits per heavy atom. The standard InChI is InChI=1S/C66H125NO5/c1-3-5-7-9-11-13-15-17-31-36-40-44-48-52-56-60-66(71)72-61-57-53-49-45-41-37-33-30-28-26-24-22-20-18-19-21-23-25-27-29-32-35-39-43-47-51-55-59-65(70)67-63(62-68)64(69)58-54-50-46-42-38-34-16-14-12-10-8-6-4-2/h11,13,17,31,54,58,63-64,68-69H,3-10,12,14-16,18-30,32-53,55-57,59-62H2,1-2H3,(H,67,70)/b13-11-,31-17-,58-54+/t63-,64+/m0/s1. The molecule has 0 spiro atoms. The van der Waals surface area contributed by atoms with E-state index in [1.54, 1.807) is 6.08 Å². The minimum Gasteiger partial charge on any atom is -0.466 e. The quantitative estimate of drug-likeness (QED) is 0.0320. The van der Waals surface area contributed by atoms with Crippen molar-refractivity contribution in [1.82, 2.24) is 5.32 Å². The summed E-state index contributed by atoms with van der Waals surface area (Å²) in [5.41, 5.74) is 0. The monoisotopic (exact) mass is 1010 g/mol. The van der Waals surface area contributed by atoms with Gasteiger partial charge in [0.05, 0.1) is 25.4 Å². The number of hydrogen-bond acceptors (Lipinski definition) is 5. The van der Waals surface area contributed by atoms with Crippen LogP contribution in [0.2, 0.25) is 0 Å². The maximum atomic E-state index is 12.5. The van der Waals surface area contributed by atoms with E-state index in [9.17, 15) is 19.8 Å². The van der Waals surface area contributed by atoms with Crippen molar-refractivity contribution in [2.75, 3.05) is 13.2 Å².